The molecule has 124 valence electrons. The Bertz CT molecular complexity index is 864. The van der Waals surface area contributed by atoms with Crippen molar-refractivity contribution in [1.82, 2.24) is 10.2 Å². The summed E-state index contributed by atoms with van der Waals surface area (Å²) in [4.78, 5) is 0. The number of benzene rings is 2. The molecule has 0 saturated carbocycles. The van der Waals surface area contributed by atoms with Gasteiger partial charge < -0.3 is 9.15 Å². The van der Waals surface area contributed by atoms with Crippen LogP contribution in [0.2, 0.25) is 5.02 Å². The van der Waals surface area contributed by atoms with Gasteiger partial charge in [-0.3, -0.25) is 0 Å². The molecule has 0 spiro atoms. The highest BCUT2D eigenvalue weighted by Crippen LogP contribution is 2.31. The Morgan fingerprint density at radius 3 is 2.67 bits per heavy atom. The number of ether oxygens (including phenoxy) is 1. The highest BCUT2D eigenvalue weighted by atomic mass is 35.5. The predicted octanol–water partition coefficient (Wildman–Crippen LogP) is 5.31. The molecule has 1 heterocycles. The molecule has 0 saturated heterocycles. The number of methoxy groups -OCH3 is 1. The summed E-state index contributed by atoms with van der Waals surface area (Å²) in [5.74, 6) is 1.96. The van der Waals surface area contributed by atoms with E-state index in [2.05, 4.69) is 36.2 Å². The van der Waals surface area contributed by atoms with Crippen LogP contribution < -0.4 is 4.74 Å². The van der Waals surface area contributed by atoms with Gasteiger partial charge in [-0.15, -0.1) is 10.2 Å². The first-order valence-corrected chi connectivity index (χ1v) is 8.79. The number of halogens is 1. The zero-order chi connectivity index (χ0) is 17.1. The van der Waals surface area contributed by atoms with Crippen LogP contribution in [0.5, 0.6) is 5.75 Å². The standard InChI is InChI=1S/C18H17ClN2O2S/c1-11-4-5-13(8-12(11)2)17-20-21-18(23-17)24-10-14-9-15(19)6-7-16(14)22-3/h4-9H,10H2,1-3H3. The van der Waals surface area contributed by atoms with Gasteiger partial charge in [0.25, 0.3) is 5.22 Å². The third-order valence-electron chi connectivity index (χ3n) is 3.75. The fraction of sp³-hybridized carbons (Fsp3) is 0.222. The van der Waals surface area contributed by atoms with Crippen molar-refractivity contribution in [2.75, 3.05) is 7.11 Å². The van der Waals surface area contributed by atoms with E-state index in [9.17, 15) is 0 Å². The second-order valence-corrected chi connectivity index (χ2v) is 6.78. The Morgan fingerprint density at radius 1 is 1.08 bits per heavy atom. The van der Waals surface area contributed by atoms with Gasteiger partial charge in [-0.05, 0) is 55.3 Å². The Hall–Kier alpha value is -1.98. The van der Waals surface area contributed by atoms with E-state index in [0.717, 1.165) is 16.9 Å². The minimum atomic E-state index is 0.519. The van der Waals surface area contributed by atoms with Gasteiger partial charge in [0.15, 0.2) is 0 Å². The van der Waals surface area contributed by atoms with Crippen molar-refractivity contribution >= 4 is 23.4 Å². The van der Waals surface area contributed by atoms with E-state index < -0.39 is 0 Å². The molecule has 6 heteroatoms. The summed E-state index contributed by atoms with van der Waals surface area (Å²) in [6.45, 7) is 4.14. The van der Waals surface area contributed by atoms with Crippen LogP contribution in [0.3, 0.4) is 0 Å². The summed E-state index contributed by atoms with van der Waals surface area (Å²) < 4.78 is 11.1. The van der Waals surface area contributed by atoms with Gasteiger partial charge in [0.2, 0.25) is 5.89 Å². The third-order valence-corrected chi connectivity index (χ3v) is 4.86. The van der Waals surface area contributed by atoms with Crippen LogP contribution in [0.1, 0.15) is 16.7 Å². The van der Waals surface area contributed by atoms with Gasteiger partial charge in [-0.2, -0.15) is 0 Å². The minimum absolute atomic E-state index is 0.519. The number of aromatic nitrogens is 2. The smallest absolute Gasteiger partial charge is 0.277 e. The number of hydrogen-bond acceptors (Lipinski definition) is 5. The number of aryl methyl sites for hydroxylation is 2. The maximum Gasteiger partial charge on any atom is 0.277 e. The van der Waals surface area contributed by atoms with Crippen LogP contribution >= 0.6 is 23.4 Å². The molecular weight excluding hydrogens is 344 g/mol. The van der Waals surface area contributed by atoms with Crippen molar-refractivity contribution in [2.45, 2.75) is 24.8 Å². The molecule has 3 rings (SSSR count). The molecule has 0 unspecified atom stereocenters. The normalized spacial score (nSPS) is 10.8. The summed E-state index contributed by atoms with van der Waals surface area (Å²) in [7, 11) is 1.64. The van der Waals surface area contributed by atoms with E-state index in [1.165, 1.54) is 22.9 Å². The number of thioether (sulfide) groups is 1. The highest BCUT2D eigenvalue weighted by molar-refractivity contribution is 7.98. The lowest BCUT2D eigenvalue weighted by Crippen LogP contribution is -1.90. The molecule has 4 nitrogen and oxygen atoms in total. The topological polar surface area (TPSA) is 48.2 Å². The Kier molecular flexibility index (Phi) is 5.11. The molecule has 0 aliphatic heterocycles. The molecule has 0 amide bonds. The van der Waals surface area contributed by atoms with Gasteiger partial charge in [0.1, 0.15) is 5.75 Å². The average molecular weight is 361 g/mol. The zero-order valence-corrected chi connectivity index (χ0v) is 15.2. The largest absolute Gasteiger partial charge is 0.496 e. The molecule has 0 radical (unpaired) electrons. The molecule has 0 aliphatic carbocycles. The fourth-order valence-electron chi connectivity index (χ4n) is 2.26. The zero-order valence-electron chi connectivity index (χ0n) is 13.7. The number of rotatable bonds is 5. The van der Waals surface area contributed by atoms with E-state index >= 15 is 0 Å². The maximum absolute atomic E-state index is 6.05. The predicted molar refractivity (Wildman–Crippen MR) is 96.8 cm³/mol. The van der Waals surface area contributed by atoms with E-state index in [1.54, 1.807) is 13.2 Å². The maximum atomic E-state index is 6.05. The van der Waals surface area contributed by atoms with Gasteiger partial charge in [-0.25, -0.2) is 0 Å². The molecule has 0 fully saturated rings. The molecule has 0 atom stereocenters. The number of hydrogen-bond donors (Lipinski definition) is 0. The SMILES string of the molecule is COc1ccc(Cl)cc1CSc1nnc(-c2ccc(C)c(C)c2)o1. The lowest BCUT2D eigenvalue weighted by Gasteiger charge is -2.07. The summed E-state index contributed by atoms with van der Waals surface area (Å²) in [5, 5.41) is 9.44. The van der Waals surface area contributed by atoms with Crippen molar-refractivity contribution in [1.29, 1.82) is 0 Å². The van der Waals surface area contributed by atoms with Crippen LogP contribution in [-0.2, 0) is 5.75 Å². The van der Waals surface area contributed by atoms with Crippen LogP contribution in [-0.4, -0.2) is 17.3 Å². The molecular formula is C18H17ClN2O2S. The Morgan fingerprint density at radius 2 is 1.92 bits per heavy atom. The van der Waals surface area contributed by atoms with Crippen LogP contribution in [0.4, 0.5) is 0 Å². The van der Waals surface area contributed by atoms with Gasteiger partial charge in [0.05, 0.1) is 7.11 Å². The second-order valence-electron chi connectivity index (χ2n) is 5.42. The van der Waals surface area contributed by atoms with E-state index in [0.29, 0.717) is 21.9 Å². The highest BCUT2D eigenvalue weighted by Gasteiger charge is 2.12. The molecule has 2 aromatic carbocycles. The van der Waals surface area contributed by atoms with Gasteiger partial charge in [-0.1, -0.05) is 29.4 Å². The number of nitrogens with zero attached hydrogens (tertiary/aromatic N) is 2. The quantitative estimate of drug-likeness (QED) is 0.577. The van der Waals surface area contributed by atoms with Crippen molar-refractivity contribution in [2.24, 2.45) is 0 Å². The average Bonchev–Trinajstić information content (AvgIpc) is 3.04. The lowest BCUT2D eigenvalue weighted by atomic mass is 10.1. The first-order chi connectivity index (χ1) is 11.6. The molecule has 24 heavy (non-hydrogen) atoms. The second kappa shape index (κ2) is 7.28. The first-order valence-electron chi connectivity index (χ1n) is 7.43. The summed E-state index contributed by atoms with van der Waals surface area (Å²) in [5.41, 5.74) is 4.35. The minimum Gasteiger partial charge on any atom is -0.496 e. The van der Waals surface area contributed by atoms with Crippen molar-refractivity contribution in [3.63, 3.8) is 0 Å². The fourth-order valence-corrected chi connectivity index (χ4v) is 3.19. The molecule has 0 aliphatic rings. The lowest BCUT2D eigenvalue weighted by molar-refractivity contribution is 0.411. The Balaban J connectivity index is 1.75. The molecule has 1 aromatic heterocycles. The molecule has 0 N–H and O–H groups in total. The van der Waals surface area contributed by atoms with Crippen LogP contribution in [0.25, 0.3) is 11.5 Å². The molecule has 3 aromatic rings. The van der Waals surface area contributed by atoms with E-state index in [4.69, 9.17) is 20.8 Å². The van der Waals surface area contributed by atoms with Crippen LogP contribution in [0.15, 0.2) is 46.0 Å². The summed E-state index contributed by atoms with van der Waals surface area (Å²) in [6, 6.07) is 11.6. The summed E-state index contributed by atoms with van der Waals surface area (Å²) in [6.07, 6.45) is 0. The summed E-state index contributed by atoms with van der Waals surface area (Å²) >= 11 is 7.51. The van der Waals surface area contributed by atoms with E-state index in [-0.39, 0.29) is 0 Å². The van der Waals surface area contributed by atoms with Gasteiger partial charge in [0, 0.05) is 21.9 Å². The van der Waals surface area contributed by atoms with E-state index in [1.807, 2.05) is 18.2 Å². The molecule has 0 bridgehead atoms. The van der Waals surface area contributed by atoms with Crippen molar-refractivity contribution in [3.05, 3.63) is 58.1 Å². The third kappa shape index (κ3) is 3.74. The van der Waals surface area contributed by atoms with Gasteiger partial charge >= 0.3 is 0 Å². The first kappa shape index (κ1) is 16.9. The Labute approximate surface area is 150 Å². The monoisotopic (exact) mass is 360 g/mol. The van der Waals surface area contributed by atoms with Crippen molar-refractivity contribution < 1.29 is 9.15 Å². The van der Waals surface area contributed by atoms with Crippen LogP contribution in [0, 0.1) is 13.8 Å². The van der Waals surface area contributed by atoms with Crippen molar-refractivity contribution in [3.8, 4) is 17.2 Å².